The first-order valence-electron chi connectivity index (χ1n) is 9.18. The quantitative estimate of drug-likeness (QED) is 0.485. The van der Waals surface area contributed by atoms with Crippen molar-refractivity contribution < 1.29 is 4.84 Å². The molecule has 0 saturated heterocycles. The molecule has 0 spiro atoms. The molecule has 3 heterocycles. The molecule has 3 rings (SSSR count). The molecular formula is C21H25N5O. The number of rotatable bonds is 8. The molecule has 0 bridgehead atoms. The van der Waals surface area contributed by atoms with E-state index in [0.29, 0.717) is 12.4 Å². The summed E-state index contributed by atoms with van der Waals surface area (Å²) >= 11 is 0. The van der Waals surface area contributed by atoms with Gasteiger partial charge >= 0.3 is 0 Å². The van der Waals surface area contributed by atoms with Crippen molar-refractivity contribution in [3.63, 3.8) is 0 Å². The molecule has 0 aromatic carbocycles. The van der Waals surface area contributed by atoms with E-state index < -0.39 is 0 Å². The number of nitrogens with one attached hydrogen (secondary N) is 1. The van der Waals surface area contributed by atoms with Gasteiger partial charge in [0.15, 0.2) is 5.82 Å². The summed E-state index contributed by atoms with van der Waals surface area (Å²) in [6.45, 7) is 6.58. The number of aromatic nitrogens is 4. The number of nitrogens with zero attached hydrogens (tertiary/aromatic N) is 4. The normalized spacial score (nSPS) is 12.1. The zero-order valence-electron chi connectivity index (χ0n) is 16.0. The van der Waals surface area contributed by atoms with Crippen LogP contribution in [-0.2, 0) is 11.3 Å². The molecule has 1 N–H and O–H groups in total. The third kappa shape index (κ3) is 5.64. The topological polar surface area (TPSA) is 72.8 Å². The van der Waals surface area contributed by atoms with Crippen molar-refractivity contribution in [2.45, 2.75) is 39.7 Å². The summed E-state index contributed by atoms with van der Waals surface area (Å²) in [4.78, 5) is 23.5. The van der Waals surface area contributed by atoms with E-state index in [1.54, 1.807) is 6.20 Å². The maximum absolute atomic E-state index is 5.60. The van der Waals surface area contributed by atoms with Crippen LogP contribution in [0.2, 0.25) is 0 Å². The van der Waals surface area contributed by atoms with Crippen LogP contribution in [-0.4, -0.2) is 26.5 Å². The fourth-order valence-corrected chi connectivity index (χ4v) is 2.70. The molecule has 140 valence electrons. The lowest BCUT2D eigenvalue weighted by molar-refractivity contribution is 0.0173. The van der Waals surface area contributed by atoms with Gasteiger partial charge in [-0.25, -0.2) is 15.0 Å². The Morgan fingerprint density at radius 2 is 1.74 bits per heavy atom. The highest BCUT2D eigenvalue weighted by atomic mass is 16.6. The van der Waals surface area contributed by atoms with Gasteiger partial charge in [-0.2, -0.15) is 5.48 Å². The highest BCUT2D eigenvalue weighted by molar-refractivity contribution is 5.48. The van der Waals surface area contributed by atoms with Crippen LogP contribution in [0.25, 0.3) is 11.5 Å². The molecule has 3 aromatic heterocycles. The van der Waals surface area contributed by atoms with Gasteiger partial charge in [0.1, 0.15) is 5.69 Å². The Balaban J connectivity index is 1.46. The largest absolute Gasteiger partial charge is 0.301 e. The maximum Gasteiger partial charge on any atom is 0.178 e. The minimum atomic E-state index is 0.0444. The van der Waals surface area contributed by atoms with Crippen molar-refractivity contribution in [1.82, 2.24) is 25.4 Å². The van der Waals surface area contributed by atoms with Crippen LogP contribution in [0.15, 0.2) is 48.7 Å². The molecule has 0 aliphatic carbocycles. The average Bonchev–Trinajstić information content (AvgIpc) is 2.68. The molecule has 0 aliphatic heterocycles. The smallest absolute Gasteiger partial charge is 0.178 e. The van der Waals surface area contributed by atoms with Crippen molar-refractivity contribution in [1.29, 1.82) is 0 Å². The van der Waals surface area contributed by atoms with Gasteiger partial charge in [0.2, 0.25) is 0 Å². The molecule has 1 unspecified atom stereocenters. The minimum Gasteiger partial charge on any atom is -0.301 e. The Hall–Kier alpha value is -2.70. The third-order valence-corrected chi connectivity index (χ3v) is 4.12. The van der Waals surface area contributed by atoms with Gasteiger partial charge in [0.25, 0.3) is 0 Å². The summed E-state index contributed by atoms with van der Waals surface area (Å²) in [5, 5.41) is 0. The predicted octanol–water partition coefficient (Wildman–Crippen LogP) is 3.77. The molecule has 0 radical (unpaired) electrons. The Morgan fingerprint density at radius 3 is 2.52 bits per heavy atom. The Labute approximate surface area is 160 Å². The number of aryl methyl sites for hydroxylation is 3. The SMILES string of the molecule is Cc1cccc(-c2nccc(CCCONC(C)c3cccc(C)n3)n2)n1. The Kier molecular flexibility index (Phi) is 6.57. The van der Waals surface area contributed by atoms with E-state index in [-0.39, 0.29) is 6.04 Å². The van der Waals surface area contributed by atoms with Crippen LogP contribution in [0.1, 0.15) is 42.2 Å². The summed E-state index contributed by atoms with van der Waals surface area (Å²) in [7, 11) is 0. The molecule has 6 heteroatoms. The summed E-state index contributed by atoms with van der Waals surface area (Å²) in [5.74, 6) is 0.661. The summed E-state index contributed by atoms with van der Waals surface area (Å²) in [6, 6.07) is 13.8. The molecule has 0 aliphatic rings. The molecule has 0 amide bonds. The highest BCUT2D eigenvalue weighted by Gasteiger charge is 2.07. The van der Waals surface area contributed by atoms with Crippen LogP contribution in [0.5, 0.6) is 0 Å². The molecule has 27 heavy (non-hydrogen) atoms. The van der Waals surface area contributed by atoms with Crippen LogP contribution in [0.3, 0.4) is 0 Å². The van der Waals surface area contributed by atoms with E-state index in [1.807, 2.05) is 63.2 Å². The summed E-state index contributed by atoms with van der Waals surface area (Å²) in [5.41, 5.74) is 7.77. The van der Waals surface area contributed by atoms with E-state index in [9.17, 15) is 0 Å². The van der Waals surface area contributed by atoms with Crippen LogP contribution in [0, 0.1) is 13.8 Å². The fraction of sp³-hybridized carbons (Fsp3) is 0.333. The predicted molar refractivity (Wildman–Crippen MR) is 105 cm³/mol. The molecule has 0 saturated carbocycles. The van der Waals surface area contributed by atoms with Crippen LogP contribution in [0.4, 0.5) is 0 Å². The van der Waals surface area contributed by atoms with E-state index in [1.165, 1.54) is 0 Å². The fourth-order valence-electron chi connectivity index (χ4n) is 2.70. The van der Waals surface area contributed by atoms with E-state index in [2.05, 4.69) is 25.4 Å². The Morgan fingerprint density at radius 1 is 0.963 bits per heavy atom. The Bertz CT molecular complexity index is 884. The molecule has 6 nitrogen and oxygen atoms in total. The van der Waals surface area contributed by atoms with Crippen LogP contribution < -0.4 is 5.48 Å². The second-order valence-electron chi connectivity index (χ2n) is 6.53. The highest BCUT2D eigenvalue weighted by Crippen LogP contribution is 2.13. The van der Waals surface area contributed by atoms with Crippen LogP contribution >= 0.6 is 0 Å². The number of pyridine rings is 2. The molecular weight excluding hydrogens is 338 g/mol. The third-order valence-electron chi connectivity index (χ3n) is 4.12. The van der Waals surface area contributed by atoms with Crippen molar-refractivity contribution in [2.75, 3.05) is 6.61 Å². The number of hydroxylamine groups is 1. The average molecular weight is 363 g/mol. The first kappa shape index (κ1) is 19.1. The number of hydrogen-bond acceptors (Lipinski definition) is 6. The van der Waals surface area contributed by atoms with Crippen molar-refractivity contribution in [3.05, 3.63) is 71.4 Å². The minimum absolute atomic E-state index is 0.0444. The first-order chi connectivity index (χ1) is 13.1. The van der Waals surface area contributed by atoms with Gasteiger partial charge in [0.05, 0.1) is 18.3 Å². The van der Waals surface area contributed by atoms with Crippen molar-refractivity contribution in [3.8, 4) is 11.5 Å². The van der Waals surface area contributed by atoms with Gasteiger partial charge in [-0.15, -0.1) is 0 Å². The van der Waals surface area contributed by atoms with Gasteiger partial charge in [-0.1, -0.05) is 12.1 Å². The second-order valence-corrected chi connectivity index (χ2v) is 6.53. The summed E-state index contributed by atoms with van der Waals surface area (Å²) < 4.78 is 0. The van der Waals surface area contributed by atoms with E-state index >= 15 is 0 Å². The monoisotopic (exact) mass is 363 g/mol. The number of hydrogen-bond donors (Lipinski definition) is 1. The lowest BCUT2D eigenvalue weighted by Gasteiger charge is -2.13. The molecule has 1 atom stereocenters. The lowest BCUT2D eigenvalue weighted by Crippen LogP contribution is -2.21. The zero-order chi connectivity index (χ0) is 19.1. The first-order valence-corrected chi connectivity index (χ1v) is 9.18. The lowest BCUT2D eigenvalue weighted by atomic mass is 10.2. The molecule has 0 fully saturated rings. The van der Waals surface area contributed by atoms with Gasteiger partial charge in [0, 0.05) is 23.3 Å². The standard InChI is InChI=1S/C21H25N5O/c1-15-7-4-10-19(23-15)17(3)26-27-14-6-9-18-12-13-22-21(25-18)20-11-5-8-16(2)24-20/h4-5,7-8,10-13,17,26H,6,9,14H2,1-3H3. The van der Waals surface area contributed by atoms with Crippen molar-refractivity contribution in [2.24, 2.45) is 0 Å². The molecule has 3 aromatic rings. The summed E-state index contributed by atoms with van der Waals surface area (Å²) in [6.07, 6.45) is 3.46. The van der Waals surface area contributed by atoms with E-state index in [0.717, 1.165) is 41.3 Å². The van der Waals surface area contributed by atoms with Gasteiger partial charge in [-0.3, -0.25) is 4.98 Å². The van der Waals surface area contributed by atoms with Gasteiger partial charge in [-0.05, 0) is 63.9 Å². The zero-order valence-corrected chi connectivity index (χ0v) is 16.0. The van der Waals surface area contributed by atoms with Gasteiger partial charge < -0.3 is 4.84 Å². The second kappa shape index (κ2) is 9.30. The van der Waals surface area contributed by atoms with E-state index in [4.69, 9.17) is 4.84 Å². The van der Waals surface area contributed by atoms with Crippen molar-refractivity contribution >= 4 is 0 Å². The maximum atomic E-state index is 5.60.